The lowest BCUT2D eigenvalue weighted by molar-refractivity contribution is 0.410. The third-order valence-corrected chi connectivity index (χ3v) is 4.58. The van der Waals surface area contributed by atoms with E-state index in [-0.39, 0.29) is 14.9 Å². The van der Waals surface area contributed by atoms with Crippen molar-refractivity contribution in [3.05, 3.63) is 96.1 Å². The molecule has 0 radical (unpaired) electrons. The number of hydrogen-bond acceptors (Lipinski definition) is 2. The van der Waals surface area contributed by atoms with E-state index in [9.17, 15) is 0 Å². The van der Waals surface area contributed by atoms with Crippen LogP contribution in [-0.4, -0.2) is 9.97 Å². The molecule has 0 fully saturated rings. The molecular weight excluding hydrogens is 412 g/mol. The minimum Gasteiger partial charge on any atom is -0.265 e. The van der Waals surface area contributed by atoms with E-state index in [1.807, 2.05) is 30.9 Å². The minimum atomic E-state index is 0. The van der Waals surface area contributed by atoms with Crippen molar-refractivity contribution in [3.63, 3.8) is 0 Å². The Bertz CT molecular complexity index is 799. The fraction of sp³-hybridized carbons (Fsp3) is 0.500. The van der Waals surface area contributed by atoms with Crippen LogP contribution in [0.5, 0.6) is 0 Å². The van der Waals surface area contributed by atoms with Crippen molar-refractivity contribution in [1.29, 1.82) is 0 Å². The van der Waals surface area contributed by atoms with Crippen LogP contribution in [0.3, 0.4) is 0 Å². The van der Waals surface area contributed by atoms with Crippen LogP contribution in [0.15, 0.2) is 79.4 Å². The van der Waals surface area contributed by atoms with E-state index < -0.39 is 0 Å². The van der Waals surface area contributed by atoms with Crippen molar-refractivity contribution >= 4 is 0 Å². The number of pyridine rings is 2. The molecule has 2 aromatic heterocycles. The van der Waals surface area contributed by atoms with Crippen LogP contribution in [0, 0.1) is 10.8 Å². The van der Waals surface area contributed by atoms with Gasteiger partial charge in [-0.2, -0.15) is 0 Å². The Labute approximate surface area is 212 Å². The quantitative estimate of drug-likeness (QED) is 0.377. The Morgan fingerprint density at radius 3 is 1.41 bits per heavy atom. The molecule has 0 amide bonds. The van der Waals surface area contributed by atoms with E-state index in [0.29, 0.717) is 16.2 Å². The van der Waals surface area contributed by atoms with E-state index in [0.717, 1.165) is 12.8 Å². The van der Waals surface area contributed by atoms with Crippen LogP contribution in [-0.2, 0) is 18.3 Å². The molecule has 0 aliphatic rings. The summed E-state index contributed by atoms with van der Waals surface area (Å²) in [4.78, 5) is 8.04. The van der Waals surface area contributed by atoms with E-state index in [1.165, 1.54) is 16.7 Å². The minimum absolute atomic E-state index is 0. The van der Waals surface area contributed by atoms with Crippen LogP contribution in [0.2, 0.25) is 0 Å². The second-order valence-electron chi connectivity index (χ2n) is 11.8. The number of aromatic nitrogens is 2. The average Bonchev–Trinajstić information content (AvgIpc) is 2.68. The van der Waals surface area contributed by atoms with E-state index in [1.54, 1.807) is 0 Å². The van der Waals surface area contributed by atoms with Crippen molar-refractivity contribution in [3.8, 4) is 0 Å². The molecule has 0 N–H and O–H groups in total. The van der Waals surface area contributed by atoms with Crippen LogP contribution in [0.1, 0.15) is 93.9 Å². The van der Waals surface area contributed by atoms with Gasteiger partial charge in [0.25, 0.3) is 0 Å². The van der Waals surface area contributed by atoms with Crippen molar-refractivity contribution < 1.29 is 0 Å². The van der Waals surface area contributed by atoms with E-state index in [2.05, 4.69) is 121 Å². The van der Waals surface area contributed by atoms with Crippen molar-refractivity contribution in [2.24, 2.45) is 10.8 Å². The zero-order valence-electron chi connectivity index (χ0n) is 21.8. The molecule has 3 rings (SSSR count). The van der Waals surface area contributed by atoms with Crippen LogP contribution < -0.4 is 0 Å². The topological polar surface area (TPSA) is 25.8 Å². The van der Waals surface area contributed by atoms with Crippen molar-refractivity contribution in [1.82, 2.24) is 9.97 Å². The highest BCUT2D eigenvalue weighted by Crippen LogP contribution is 2.21. The van der Waals surface area contributed by atoms with Gasteiger partial charge in [0, 0.05) is 24.8 Å². The first-order valence-electron chi connectivity index (χ1n) is 11.6. The zero-order chi connectivity index (χ0) is 24.3. The Balaban J connectivity index is 0. The Kier molecular flexibility index (Phi) is 15.3. The van der Waals surface area contributed by atoms with Gasteiger partial charge in [0.2, 0.25) is 0 Å². The third kappa shape index (κ3) is 17.1. The molecule has 0 unspecified atom stereocenters. The first kappa shape index (κ1) is 33.7. The highest BCUT2D eigenvalue weighted by atomic mass is 14.6. The maximum Gasteiger partial charge on any atom is 0.0300 e. The standard InChI is InChI=1S/2C10H15N.C10H14.2CH4/c1-10(2,3)8-9-4-6-11-7-5-9;1-10(2,3)7-9-5-4-6-11-8-9;1-10(2,3)9-7-5-4-6-8-9;;/h4-7H,8H2,1-3H3;4-6,8H,7H2,1-3H3;4-8H,1-3H3;2*1H4. The highest BCUT2D eigenvalue weighted by Gasteiger charge is 2.12. The molecule has 2 heterocycles. The summed E-state index contributed by atoms with van der Waals surface area (Å²) in [5.41, 5.74) is 5.12. The molecule has 1 aromatic carbocycles. The van der Waals surface area contributed by atoms with Gasteiger partial charge in [-0.15, -0.1) is 0 Å². The normalized spacial score (nSPS) is 10.9. The van der Waals surface area contributed by atoms with Gasteiger partial charge < -0.3 is 0 Å². The first-order chi connectivity index (χ1) is 14.8. The van der Waals surface area contributed by atoms with Gasteiger partial charge in [-0.05, 0) is 64.0 Å². The van der Waals surface area contributed by atoms with Gasteiger partial charge >= 0.3 is 0 Å². The molecule has 0 bridgehead atoms. The first-order valence-corrected chi connectivity index (χ1v) is 11.6. The van der Waals surface area contributed by atoms with Gasteiger partial charge in [0.15, 0.2) is 0 Å². The van der Waals surface area contributed by atoms with Gasteiger partial charge in [-0.1, -0.05) is 114 Å². The molecule has 0 aliphatic heterocycles. The summed E-state index contributed by atoms with van der Waals surface area (Å²) < 4.78 is 0. The number of hydrogen-bond donors (Lipinski definition) is 0. The summed E-state index contributed by atoms with van der Waals surface area (Å²) in [7, 11) is 0. The summed E-state index contributed by atoms with van der Waals surface area (Å²) in [6, 6.07) is 18.8. The maximum absolute atomic E-state index is 4.07. The van der Waals surface area contributed by atoms with E-state index in [4.69, 9.17) is 0 Å². The Morgan fingerprint density at radius 1 is 0.529 bits per heavy atom. The van der Waals surface area contributed by atoms with Crippen molar-refractivity contribution in [2.75, 3.05) is 0 Å². The summed E-state index contributed by atoms with van der Waals surface area (Å²) in [5.74, 6) is 0. The van der Waals surface area contributed by atoms with Crippen molar-refractivity contribution in [2.45, 2.75) is 95.4 Å². The summed E-state index contributed by atoms with van der Waals surface area (Å²) >= 11 is 0. The SMILES string of the molecule is C.C.CC(C)(C)Cc1cccnc1.CC(C)(C)Cc1ccncc1.CC(C)(C)c1ccccc1. The Hall–Kier alpha value is -2.48. The Morgan fingerprint density at radius 2 is 1.03 bits per heavy atom. The molecule has 0 atom stereocenters. The number of nitrogens with zero attached hydrogens (tertiary/aromatic N) is 2. The fourth-order valence-corrected chi connectivity index (χ4v) is 3.17. The summed E-state index contributed by atoms with van der Waals surface area (Å²) in [6.07, 6.45) is 9.66. The molecule has 0 aliphatic carbocycles. The molecule has 2 nitrogen and oxygen atoms in total. The second-order valence-corrected chi connectivity index (χ2v) is 11.8. The fourth-order valence-electron chi connectivity index (χ4n) is 3.17. The third-order valence-electron chi connectivity index (χ3n) is 4.58. The lowest BCUT2D eigenvalue weighted by atomic mass is 9.87. The number of rotatable bonds is 2. The smallest absolute Gasteiger partial charge is 0.0300 e. The van der Waals surface area contributed by atoms with Gasteiger partial charge in [-0.3, -0.25) is 9.97 Å². The van der Waals surface area contributed by atoms with E-state index >= 15 is 0 Å². The molecule has 0 saturated carbocycles. The molecule has 190 valence electrons. The average molecular weight is 465 g/mol. The lowest BCUT2D eigenvalue weighted by Gasteiger charge is -2.18. The molecule has 34 heavy (non-hydrogen) atoms. The summed E-state index contributed by atoms with van der Waals surface area (Å²) in [5, 5.41) is 0. The van der Waals surface area contributed by atoms with Gasteiger partial charge in [-0.25, -0.2) is 0 Å². The molecule has 2 heteroatoms. The number of benzene rings is 1. The predicted molar refractivity (Wildman–Crippen MR) is 153 cm³/mol. The predicted octanol–water partition coefficient (Wildman–Crippen LogP) is 9.60. The van der Waals surface area contributed by atoms with Gasteiger partial charge in [0.1, 0.15) is 0 Å². The lowest BCUT2D eigenvalue weighted by Crippen LogP contribution is -2.10. The maximum atomic E-state index is 4.07. The second kappa shape index (κ2) is 15.4. The monoisotopic (exact) mass is 464 g/mol. The molecule has 0 spiro atoms. The van der Waals surface area contributed by atoms with Crippen LogP contribution >= 0.6 is 0 Å². The zero-order valence-corrected chi connectivity index (χ0v) is 21.8. The highest BCUT2D eigenvalue weighted by molar-refractivity contribution is 5.22. The largest absolute Gasteiger partial charge is 0.265 e. The van der Waals surface area contributed by atoms with Crippen LogP contribution in [0.25, 0.3) is 0 Å². The molecule has 3 aromatic rings. The summed E-state index contributed by atoms with van der Waals surface area (Å²) in [6.45, 7) is 20.1. The molecular formula is C32H52N2. The molecule has 0 saturated heterocycles. The van der Waals surface area contributed by atoms with Crippen LogP contribution in [0.4, 0.5) is 0 Å². The van der Waals surface area contributed by atoms with Gasteiger partial charge in [0.05, 0.1) is 0 Å².